The zero-order valence-electron chi connectivity index (χ0n) is 12.7. The number of aliphatic carboxylic acids is 1. The van der Waals surface area contributed by atoms with E-state index in [1.54, 1.807) is 6.92 Å². The molecular weight excluding hydrogens is 304 g/mol. The predicted molar refractivity (Wildman–Crippen MR) is 86.3 cm³/mol. The van der Waals surface area contributed by atoms with Crippen LogP contribution in [0.15, 0.2) is 24.3 Å². The summed E-state index contributed by atoms with van der Waals surface area (Å²) in [6.07, 6.45) is -0.158. The molecule has 1 aromatic carbocycles. The average molecular weight is 323 g/mol. The van der Waals surface area contributed by atoms with Crippen LogP contribution in [0.3, 0.4) is 0 Å². The van der Waals surface area contributed by atoms with Gasteiger partial charge < -0.3 is 15.4 Å². The minimum Gasteiger partial charge on any atom is -0.481 e. The Balaban J connectivity index is 2.33. The molecule has 0 radical (unpaired) electrons. The number of para-hydroxylation sites is 1. The Hall–Kier alpha value is -2.01. The second kappa shape index (κ2) is 6.01. The maximum absolute atomic E-state index is 12.5. The number of carboxylic acid groups (broad SMARTS) is 1. The van der Waals surface area contributed by atoms with E-state index in [4.69, 9.17) is 16.7 Å². The number of halogens is 1. The number of carbonyl (C=O) groups excluding carboxylic acids is 1. The fourth-order valence-electron chi connectivity index (χ4n) is 2.29. The van der Waals surface area contributed by atoms with E-state index in [1.807, 2.05) is 38.1 Å². The van der Waals surface area contributed by atoms with Crippen molar-refractivity contribution in [1.29, 1.82) is 0 Å². The molecule has 1 aromatic heterocycles. The monoisotopic (exact) mass is 322 g/mol. The Labute approximate surface area is 133 Å². The first-order valence-corrected chi connectivity index (χ1v) is 7.43. The number of amides is 1. The number of aromatic amines is 1. The van der Waals surface area contributed by atoms with Gasteiger partial charge in [0.15, 0.2) is 0 Å². The molecule has 0 saturated carbocycles. The zero-order chi connectivity index (χ0) is 16.5. The van der Waals surface area contributed by atoms with E-state index in [0.29, 0.717) is 5.02 Å². The number of nitrogens with one attached hydrogen (secondary N) is 2. The van der Waals surface area contributed by atoms with E-state index in [-0.39, 0.29) is 18.0 Å². The average Bonchev–Trinajstić information content (AvgIpc) is 2.75. The van der Waals surface area contributed by atoms with Gasteiger partial charge in [0.1, 0.15) is 5.69 Å². The first-order chi connectivity index (χ1) is 10.2. The molecule has 0 aliphatic heterocycles. The van der Waals surface area contributed by atoms with Crippen LogP contribution < -0.4 is 5.32 Å². The van der Waals surface area contributed by atoms with Crippen LogP contribution in [0.25, 0.3) is 10.9 Å². The van der Waals surface area contributed by atoms with Crippen molar-refractivity contribution in [2.45, 2.75) is 32.7 Å². The van der Waals surface area contributed by atoms with Crippen LogP contribution in [0.4, 0.5) is 0 Å². The van der Waals surface area contributed by atoms with Gasteiger partial charge in [-0.3, -0.25) is 9.59 Å². The van der Waals surface area contributed by atoms with Gasteiger partial charge in [0, 0.05) is 10.9 Å². The fraction of sp³-hybridized carbons (Fsp3) is 0.375. The summed E-state index contributed by atoms with van der Waals surface area (Å²) in [6, 6.07) is 7.34. The summed E-state index contributed by atoms with van der Waals surface area (Å²) >= 11 is 6.26. The Morgan fingerprint density at radius 3 is 2.55 bits per heavy atom. The molecule has 0 bridgehead atoms. The molecular formula is C16H19ClN2O3. The molecule has 0 spiro atoms. The van der Waals surface area contributed by atoms with E-state index >= 15 is 0 Å². The predicted octanol–water partition coefficient (Wildman–Crippen LogP) is 3.44. The van der Waals surface area contributed by atoms with Gasteiger partial charge in [-0.1, -0.05) is 43.6 Å². The summed E-state index contributed by atoms with van der Waals surface area (Å²) in [5.74, 6) is -1.41. The lowest BCUT2D eigenvalue weighted by Gasteiger charge is -2.33. The molecule has 1 atom stereocenters. The van der Waals surface area contributed by atoms with Gasteiger partial charge in [-0.25, -0.2) is 0 Å². The normalized spacial score (nSPS) is 14.0. The molecule has 1 heterocycles. The summed E-state index contributed by atoms with van der Waals surface area (Å²) in [7, 11) is 0. The Morgan fingerprint density at radius 2 is 2.00 bits per heavy atom. The minimum atomic E-state index is -0.959. The molecule has 2 rings (SSSR count). The van der Waals surface area contributed by atoms with Crippen molar-refractivity contribution in [1.82, 2.24) is 10.3 Å². The Morgan fingerprint density at radius 1 is 1.36 bits per heavy atom. The molecule has 2 aromatic rings. The molecule has 1 unspecified atom stereocenters. The second-order valence-electron chi connectivity index (χ2n) is 5.96. The molecule has 0 fully saturated rings. The third-order valence-electron chi connectivity index (χ3n) is 4.06. The summed E-state index contributed by atoms with van der Waals surface area (Å²) in [6.45, 7) is 5.46. The molecule has 6 heteroatoms. The third-order valence-corrected chi connectivity index (χ3v) is 4.45. The van der Waals surface area contributed by atoms with E-state index in [2.05, 4.69) is 10.3 Å². The maximum Gasteiger partial charge on any atom is 0.305 e. The topological polar surface area (TPSA) is 82.2 Å². The molecule has 5 nitrogen and oxygen atoms in total. The number of aromatic nitrogens is 1. The lowest BCUT2D eigenvalue weighted by molar-refractivity contribution is -0.138. The fourth-order valence-corrected chi connectivity index (χ4v) is 2.59. The van der Waals surface area contributed by atoms with Crippen molar-refractivity contribution < 1.29 is 14.7 Å². The van der Waals surface area contributed by atoms with Gasteiger partial charge in [0.05, 0.1) is 17.0 Å². The van der Waals surface area contributed by atoms with Crippen LogP contribution in [0, 0.1) is 5.92 Å². The maximum atomic E-state index is 12.5. The number of rotatable bonds is 5. The number of carbonyl (C=O) groups is 2. The largest absolute Gasteiger partial charge is 0.481 e. The van der Waals surface area contributed by atoms with E-state index in [0.717, 1.165) is 10.9 Å². The first kappa shape index (κ1) is 16.4. The molecule has 1 amide bonds. The van der Waals surface area contributed by atoms with Gasteiger partial charge >= 0.3 is 5.97 Å². The number of benzene rings is 1. The minimum absolute atomic E-state index is 0.0456. The van der Waals surface area contributed by atoms with Gasteiger partial charge in [0.2, 0.25) is 0 Å². The highest BCUT2D eigenvalue weighted by Crippen LogP contribution is 2.28. The van der Waals surface area contributed by atoms with Crippen molar-refractivity contribution in [3.8, 4) is 0 Å². The van der Waals surface area contributed by atoms with Crippen molar-refractivity contribution in [2.75, 3.05) is 0 Å². The quantitative estimate of drug-likeness (QED) is 0.788. The number of hydrogen-bond donors (Lipinski definition) is 3. The van der Waals surface area contributed by atoms with Crippen LogP contribution in [0.1, 0.15) is 37.7 Å². The number of fused-ring (bicyclic) bond motifs is 1. The molecule has 0 aliphatic rings. The van der Waals surface area contributed by atoms with Gasteiger partial charge in [-0.05, 0) is 18.9 Å². The summed E-state index contributed by atoms with van der Waals surface area (Å²) in [5, 5.41) is 13.0. The summed E-state index contributed by atoms with van der Waals surface area (Å²) in [4.78, 5) is 26.6. The van der Waals surface area contributed by atoms with Crippen molar-refractivity contribution in [2.24, 2.45) is 5.92 Å². The van der Waals surface area contributed by atoms with Crippen LogP contribution in [-0.2, 0) is 4.79 Å². The van der Waals surface area contributed by atoms with Crippen LogP contribution in [0.5, 0.6) is 0 Å². The highest BCUT2D eigenvalue weighted by atomic mass is 35.5. The van der Waals surface area contributed by atoms with Crippen molar-refractivity contribution >= 4 is 34.4 Å². The second-order valence-corrected chi connectivity index (χ2v) is 6.33. The molecule has 3 N–H and O–H groups in total. The van der Waals surface area contributed by atoms with Crippen molar-refractivity contribution in [3.63, 3.8) is 0 Å². The highest BCUT2D eigenvalue weighted by molar-refractivity contribution is 6.38. The van der Waals surface area contributed by atoms with Gasteiger partial charge in [0.25, 0.3) is 5.91 Å². The lowest BCUT2D eigenvalue weighted by atomic mass is 9.85. The standard InChI is InChI=1S/C16H19ClN2O3/c1-9(2)16(3,8-12(20)21)19-15(22)14-13(17)10-6-4-5-7-11(10)18-14/h4-7,9,18H,8H2,1-3H3,(H,19,22)(H,20,21). The number of carboxylic acids is 1. The summed E-state index contributed by atoms with van der Waals surface area (Å²) < 4.78 is 0. The molecule has 0 saturated heterocycles. The molecule has 0 aliphatic carbocycles. The number of hydrogen-bond acceptors (Lipinski definition) is 2. The lowest BCUT2D eigenvalue weighted by Crippen LogP contribution is -2.51. The van der Waals surface area contributed by atoms with Gasteiger partial charge in [-0.15, -0.1) is 0 Å². The Kier molecular flexibility index (Phi) is 4.47. The van der Waals surface area contributed by atoms with Crippen LogP contribution in [0.2, 0.25) is 5.02 Å². The van der Waals surface area contributed by atoms with Crippen molar-refractivity contribution in [3.05, 3.63) is 35.0 Å². The van der Waals surface area contributed by atoms with E-state index in [1.165, 1.54) is 0 Å². The zero-order valence-corrected chi connectivity index (χ0v) is 13.5. The van der Waals surface area contributed by atoms with Crippen LogP contribution in [-0.4, -0.2) is 27.5 Å². The smallest absolute Gasteiger partial charge is 0.305 e. The molecule has 22 heavy (non-hydrogen) atoms. The number of H-pyrrole nitrogens is 1. The highest BCUT2D eigenvalue weighted by Gasteiger charge is 2.34. The SMILES string of the molecule is CC(C)C(C)(CC(=O)O)NC(=O)c1[nH]c2ccccc2c1Cl. The van der Waals surface area contributed by atoms with Gasteiger partial charge in [-0.2, -0.15) is 0 Å². The third kappa shape index (κ3) is 3.09. The summed E-state index contributed by atoms with van der Waals surface area (Å²) in [5.41, 5.74) is 0.158. The molecule has 118 valence electrons. The van der Waals surface area contributed by atoms with E-state index < -0.39 is 17.4 Å². The van der Waals surface area contributed by atoms with E-state index in [9.17, 15) is 9.59 Å². The first-order valence-electron chi connectivity index (χ1n) is 7.05. The Bertz CT molecular complexity index is 723. The van der Waals surface area contributed by atoms with Crippen LogP contribution >= 0.6 is 11.6 Å².